The fraction of sp³-hybridized carbons (Fsp3) is 0.353. The Labute approximate surface area is 120 Å². The molecule has 2 rings (SSSR count). The van der Waals surface area contributed by atoms with Gasteiger partial charge in [0.05, 0.1) is 0 Å². The molecule has 106 valence electrons. The highest BCUT2D eigenvalue weighted by atomic mass is 16.1. The molecule has 0 radical (unpaired) electrons. The summed E-state index contributed by atoms with van der Waals surface area (Å²) in [6.45, 7) is 7.09. The lowest BCUT2D eigenvalue weighted by atomic mass is 10.00. The van der Waals surface area contributed by atoms with Crippen molar-refractivity contribution >= 4 is 0 Å². The van der Waals surface area contributed by atoms with Crippen LogP contribution in [0.4, 0.5) is 0 Å². The summed E-state index contributed by atoms with van der Waals surface area (Å²) in [5, 5.41) is 3.48. The predicted octanol–water partition coefficient (Wildman–Crippen LogP) is 2.85. The Hall–Kier alpha value is -1.87. The van der Waals surface area contributed by atoms with Crippen molar-refractivity contribution in [2.45, 2.75) is 33.4 Å². The predicted molar refractivity (Wildman–Crippen MR) is 82.9 cm³/mol. The van der Waals surface area contributed by atoms with E-state index in [1.54, 1.807) is 17.7 Å². The Morgan fingerprint density at radius 3 is 2.65 bits per heavy atom. The molecular weight excluding hydrogens is 248 g/mol. The van der Waals surface area contributed by atoms with Crippen molar-refractivity contribution in [1.29, 1.82) is 0 Å². The maximum Gasteiger partial charge on any atom is 0.250 e. The molecule has 3 nitrogen and oxygen atoms in total. The topological polar surface area (TPSA) is 34.0 Å². The van der Waals surface area contributed by atoms with E-state index in [4.69, 9.17) is 0 Å². The van der Waals surface area contributed by atoms with E-state index in [1.807, 2.05) is 12.3 Å². The summed E-state index contributed by atoms with van der Waals surface area (Å²) < 4.78 is 1.58. The maximum absolute atomic E-state index is 11.6. The lowest BCUT2D eigenvalue weighted by Gasteiger charge is -2.17. The van der Waals surface area contributed by atoms with Crippen LogP contribution < -0.4 is 10.9 Å². The van der Waals surface area contributed by atoms with Crippen LogP contribution in [0.25, 0.3) is 0 Å². The van der Waals surface area contributed by atoms with Crippen LogP contribution in [-0.2, 0) is 13.6 Å². The van der Waals surface area contributed by atoms with Crippen molar-refractivity contribution in [2.75, 3.05) is 0 Å². The second-order valence-corrected chi connectivity index (χ2v) is 5.45. The number of aromatic nitrogens is 1. The van der Waals surface area contributed by atoms with Crippen molar-refractivity contribution in [1.82, 2.24) is 9.88 Å². The number of aryl methyl sites for hydroxylation is 3. The van der Waals surface area contributed by atoms with E-state index < -0.39 is 0 Å². The molecule has 1 aromatic carbocycles. The molecule has 3 heteroatoms. The number of nitrogens with one attached hydrogen (secondary N) is 1. The smallest absolute Gasteiger partial charge is 0.250 e. The molecule has 1 atom stereocenters. The van der Waals surface area contributed by atoms with E-state index in [1.165, 1.54) is 16.7 Å². The van der Waals surface area contributed by atoms with Crippen molar-refractivity contribution in [2.24, 2.45) is 7.05 Å². The minimum absolute atomic E-state index is 0.0312. The lowest BCUT2D eigenvalue weighted by Crippen LogP contribution is -2.21. The van der Waals surface area contributed by atoms with Crippen molar-refractivity contribution in [3.8, 4) is 0 Å². The SMILES string of the molecule is Cc1ccc(C)c([C@@H](C)NCc2ccn(C)c(=O)c2)c1. The van der Waals surface area contributed by atoms with Gasteiger partial charge in [0.15, 0.2) is 0 Å². The largest absolute Gasteiger partial charge is 0.319 e. The van der Waals surface area contributed by atoms with E-state index >= 15 is 0 Å². The summed E-state index contributed by atoms with van der Waals surface area (Å²) in [5.74, 6) is 0. The summed E-state index contributed by atoms with van der Waals surface area (Å²) in [6, 6.07) is 10.4. The van der Waals surface area contributed by atoms with Crippen LogP contribution in [0, 0.1) is 13.8 Å². The molecular formula is C17H22N2O. The molecule has 0 unspecified atom stereocenters. The molecule has 1 aromatic heterocycles. The van der Waals surface area contributed by atoms with Crippen LogP contribution in [0.15, 0.2) is 41.3 Å². The summed E-state index contributed by atoms with van der Waals surface area (Å²) in [5.41, 5.74) is 4.93. The van der Waals surface area contributed by atoms with Gasteiger partial charge in [-0.25, -0.2) is 0 Å². The average molecular weight is 270 g/mol. The van der Waals surface area contributed by atoms with Crippen LogP contribution in [0.1, 0.15) is 35.2 Å². The monoisotopic (exact) mass is 270 g/mol. The van der Waals surface area contributed by atoms with Crippen LogP contribution in [-0.4, -0.2) is 4.57 Å². The zero-order chi connectivity index (χ0) is 14.7. The number of rotatable bonds is 4. The maximum atomic E-state index is 11.6. The van der Waals surface area contributed by atoms with E-state index in [0.29, 0.717) is 6.54 Å². The minimum atomic E-state index is 0.0312. The molecule has 0 amide bonds. The molecule has 0 bridgehead atoms. The Bertz CT molecular complexity index is 658. The van der Waals surface area contributed by atoms with Crippen LogP contribution in [0.5, 0.6) is 0 Å². The summed E-state index contributed by atoms with van der Waals surface area (Å²) in [4.78, 5) is 11.6. The number of hydrogen-bond donors (Lipinski definition) is 1. The normalized spacial score (nSPS) is 12.4. The highest BCUT2D eigenvalue weighted by Gasteiger charge is 2.08. The van der Waals surface area contributed by atoms with Gasteiger partial charge in [-0.05, 0) is 43.5 Å². The zero-order valence-electron chi connectivity index (χ0n) is 12.6. The second kappa shape index (κ2) is 6.06. The van der Waals surface area contributed by atoms with Crippen LogP contribution in [0.2, 0.25) is 0 Å². The fourth-order valence-corrected chi connectivity index (χ4v) is 2.31. The van der Waals surface area contributed by atoms with E-state index in [2.05, 4.69) is 44.3 Å². The molecule has 0 aliphatic carbocycles. The number of benzene rings is 1. The van der Waals surface area contributed by atoms with Gasteiger partial charge in [-0.1, -0.05) is 23.8 Å². The molecule has 0 aliphatic heterocycles. The average Bonchev–Trinajstić information content (AvgIpc) is 2.42. The summed E-state index contributed by atoms with van der Waals surface area (Å²) in [6.07, 6.45) is 1.81. The Balaban J connectivity index is 2.08. The van der Waals surface area contributed by atoms with Gasteiger partial charge in [-0.3, -0.25) is 4.79 Å². The first-order valence-corrected chi connectivity index (χ1v) is 6.93. The first-order valence-electron chi connectivity index (χ1n) is 6.93. The summed E-state index contributed by atoms with van der Waals surface area (Å²) >= 11 is 0. The first kappa shape index (κ1) is 14.5. The molecule has 0 spiro atoms. The second-order valence-electron chi connectivity index (χ2n) is 5.45. The Kier molecular flexibility index (Phi) is 4.40. The number of pyridine rings is 1. The van der Waals surface area contributed by atoms with Gasteiger partial charge >= 0.3 is 0 Å². The summed E-state index contributed by atoms with van der Waals surface area (Å²) in [7, 11) is 1.76. The molecule has 0 aliphatic rings. The van der Waals surface area contributed by atoms with Crippen molar-refractivity contribution < 1.29 is 0 Å². The third-order valence-corrected chi connectivity index (χ3v) is 3.68. The van der Waals surface area contributed by atoms with E-state index in [9.17, 15) is 4.79 Å². The van der Waals surface area contributed by atoms with E-state index in [-0.39, 0.29) is 11.6 Å². The highest BCUT2D eigenvalue weighted by molar-refractivity contribution is 5.32. The molecule has 20 heavy (non-hydrogen) atoms. The van der Waals surface area contributed by atoms with Crippen molar-refractivity contribution in [3.05, 3.63) is 69.1 Å². The fourth-order valence-electron chi connectivity index (χ4n) is 2.31. The van der Waals surface area contributed by atoms with Gasteiger partial charge in [-0.2, -0.15) is 0 Å². The standard InChI is InChI=1S/C17H22N2O/c1-12-5-6-13(2)16(9-12)14(3)18-11-15-7-8-19(4)17(20)10-15/h5-10,14,18H,11H2,1-4H3/t14-/m1/s1. The molecule has 0 saturated carbocycles. The number of nitrogens with zero attached hydrogens (tertiary/aromatic N) is 1. The van der Waals surface area contributed by atoms with E-state index in [0.717, 1.165) is 5.56 Å². The lowest BCUT2D eigenvalue weighted by molar-refractivity contribution is 0.570. The number of hydrogen-bond acceptors (Lipinski definition) is 2. The Morgan fingerprint density at radius 1 is 1.20 bits per heavy atom. The van der Waals surface area contributed by atoms with Gasteiger partial charge in [-0.15, -0.1) is 0 Å². The van der Waals surface area contributed by atoms with Gasteiger partial charge in [0.1, 0.15) is 0 Å². The van der Waals surface area contributed by atoms with Crippen LogP contribution >= 0.6 is 0 Å². The highest BCUT2D eigenvalue weighted by Crippen LogP contribution is 2.19. The van der Waals surface area contributed by atoms with Gasteiger partial charge in [0.25, 0.3) is 5.56 Å². The molecule has 2 aromatic rings. The molecule has 1 heterocycles. The molecule has 1 N–H and O–H groups in total. The molecule has 0 fully saturated rings. The zero-order valence-corrected chi connectivity index (χ0v) is 12.6. The third-order valence-electron chi connectivity index (χ3n) is 3.68. The minimum Gasteiger partial charge on any atom is -0.319 e. The first-order chi connectivity index (χ1) is 9.47. The van der Waals surface area contributed by atoms with Crippen LogP contribution in [0.3, 0.4) is 0 Å². The van der Waals surface area contributed by atoms with Gasteiger partial charge < -0.3 is 9.88 Å². The van der Waals surface area contributed by atoms with Gasteiger partial charge in [0.2, 0.25) is 0 Å². The third kappa shape index (κ3) is 3.36. The van der Waals surface area contributed by atoms with Gasteiger partial charge in [0, 0.05) is 31.9 Å². The Morgan fingerprint density at radius 2 is 1.95 bits per heavy atom. The van der Waals surface area contributed by atoms with Crippen molar-refractivity contribution in [3.63, 3.8) is 0 Å². The quantitative estimate of drug-likeness (QED) is 0.927. The molecule has 0 saturated heterocycles.